The summed E-state index contributed by atoms with van der Waals surface area (Å²) >= 11 is 0.807. The molecule has 2 saturated heterocycles. The zero-order chi connectivity index (χ0) is 27.9. The Morgan fingerprint density at radius 1 is 1.08 bits per heavy atom. The van der Waals surface area contributed by atoms with E-state index in [0.29, 0.717) is 42.3 Å². The smallest absolute Gasteiger partial charge is 0.378 e. The SMILES string of the molecule is O=C1SC(=Cc2ccc3c(cnn3Cc3ccc(C(F)(F)F)cc3C(F)(F)F)c2)C(=O)N1C[C@@H]1COCCN1. The van der Waals surface area contributed by atoms with Crippen LogP contribution in [0.1, 0.15) is 22.3 Å². The largest absolute Gasteiger partial charge is 0.416 e. The second-order valence-electron chi connectivity index (χ2n) is 9.01. The fourth-order valence-corrected chi connectivity index (χ4v) is 5.25. The van der Waals surface area contributed by atoms with Crippen molar-refractivity contribution >= 4 is 39.9 Å². The van der Waals surface area contributed by atoms with Gasteiger partial charge in [-0.2, -0.15) is 31.4 Å². The minimum absolute atomic E-state index is 0.101. The molecule has 0 saturated carbocycles. The highest BCUT2D eigenvalue weighted by molar-refractivity contribution is 8.18. The van der Waals surface area contributed by atoms with Crippen LogP contribution in [-0.4, -0.2) is 58.2 Å². The standard InChI is InChI=1S/C25H20F6N4O3S/c26-24(27,28)17-3-2-15(19(9-17)25(29,30)31)11-35-20-4-1-14(7-16(20)10-33-35)8-21-22(36)34(23(37)39-21)12-18-13-38-6-5-32-18/h1-4,7-10,18,32H,5-6,11-13H2/t18-/m1/s1. The molecule has 2 fully saturated rings. The van der Waals surface area contributed by atoms with Crippen molar-refractivity contribution in [3.63, 3.8) is 0 Å². The Labute approximate surface area is 221 Å². The summed E-state index contributed by atoms with van der Waals surface area (Å²) in [5, 5.41) is 7.44. The Morgan fingerprint density at radius 3 is 2.56 bits per heavy atom. The third-order valence-electron chi connectivity index (χ3n) is 6.30. The number of morpholine rings is 1. The molecule has 39 heavy (non-hydrogen) atoms. The number of benzene rings is 2. The van der Waals surface area contributed by atoms with Crippen molar-refractivity contribution in [2.24, 2.45) is 0 Å². The van der Waals surface area contributed by atoms with Crippen LogP contribution in [-0.2, 0) is 28.4 Å². The van der Waals surface area contributed by atoms with E-state index in [4.69, 9.17) is 4.74 Å². The van der Waals surface area contributed by atoms with Crippen LogP contribution in [0.2, 0.25) is 0 Å². The van der Waals surface area contributed by atoms with Crippen molar-refractivity contribution in [3.8, 4) is 0 Å². The van der Waals surface area contributed by atoms with E-state index < -0.39 is 41.2 Å². The predicted molar refractivity (Wildman–Crippen MR) is 131 cm³/mol. The summed E-state index contributed by atoms with van der Waals surface area (Å²) in [5.41, 5.74) is -2.13. The van der Waals surface area contributed by atoms with Crippen LogP contribution >= 0.6 is 11.8 Å². The number of rotatable bonds is 5. The van der Waals surface area contributed by atoms with Crippen molar-refractivity contribution in [2.75, 3.05) is 26.3 Å². The van der Waals surface area contributed by atoms with Crippen LogP contribution in [0.25, 0.3) is 17.0 Å². The topological polar surface area (TPSA) is 76.5 Å². The number of thioether (sulfide) groups is 1. The van der Waals surface area contributed by atoms with Gasteiger partial charge in [-0.05, 0) is 53.2 Å². The van der Waals surface area contributed by atoms with E-state index in [0.717, 1.165) is 22.7 Å². The molecule has 0 bridgehead atoms. The van der Waals surface area contributed by atoms with E-state index in [1.165, 1.54) is 10.9 Å². The minimum Gasteiger partial charge on any atom is -0.378 e. The first-order valence-corrected chi connectivity index (χ1v) is 12.5. The number of fused-ring (bicyclic) bond motifs is 1. The van der Waals surface area contributed by atoms with Gasteiger partial charge in [0.15, 0.2) is 0 Å². The van der Waals surface area contributed by atoms with Gasteiger partial charge >= 0.3 is 12.4 Å². The molecule has 2 aliphatic rings. The quantitative estimate of drug-likeness (QED) is 0.338. The third kappa shape index (κ3) is 5.82. The lowest BCUT2D eigenvalue weighted by atomic mass is 10.0. The predicted octanol–water partition coefficient (Wildman–Crippen LogP) is 5.15. The van der Waals surface area contributed by atoms with E-state index in [1.54, 1.807) is 24.3 Å². The molecular formula is C25H20F6N4O3S. The van der Waals surface area contributed by atoms with Gasteiger partial charge in [0.05, 0.1) is 47.5 Å². The Morgan fingerprint density at radius 2 is 1.87 bits per heavy atom. The average molecular weight is 571 g/mol. The molecule has 0 radical (unpaired) electrons. The first-order valence-electron chi connectivity index (χ1n) is 11.7. The van der Waals surface area contributed by atoms with Gasteiger partial charge in [0.25, 0.3) is 11.1 Å². The Kier molecular flexibility index (Phi) is 7.20. The molecule has 0 spiro atoms. The number of carbonyl (C=O) groups excluding carboxylic acids is 2. The number of amides is 2. The zero-order valence-electron chi connectivity index (χ0n) is 20.0. The number of hydrogen-bond acceptors (Lipinski definition) is 6. The summed E-state index contributed by atoms with van der Waals surface area (Å²) in [5.74, 6) is -0.435. The maximum absolute atomic E-state index is 13.6. The van der Waals surface area contributed by atoms with Gasteiger partial charge in [0.2, 0.25) is 0 Å². The number of hydrogen-bond donors (Lipinski definition) is 1. The van der Waals surface area contributed by atoms with E-state index in [-0.39, 0.29) is 29.1 Å². The number of imide groups is 1. The highest BCUT2D eigenvalue weighted by Gasteiger charge is 2.39. The molecule has 0 aliphatic carbocycles. The van der Waals surface area contributed by atoms with Gasteiger partial charge in [-0.15, -0.1) is 0 Å². The van der Waals surface area contributed by atoms with Crippen LogP contribution in [0.3, 0.4) is 0 Å². The van der Waals surface area contributed by atoms with Crippen LogP contribution < -0.4 is 5.32 Å². The maximum Gasteiger partial charge on any atom is 0.416 e. The number of carbonyl (C=O) groups is 2. The van der Waals surface area contributed by atoms with Crippen molar-refractivity contribution in [3.05, 3.63) is 69.8 Å². The molecule has 1 atom stereocenters. The fourth-order valence-electron chi connectivity index (χ4n) is 4.40. The van der Waals surface area contributed by atoms with E-state index in [9.17, 15) is 35.9 Å². The number of alkyl halides is 6. The van der Waals surface area contributed by atoms with Crippen LogP contribution in [0.4, 0.5) is 31.1 Å². The Bertz CT molecular complexity index is 1460. The second-order valence-corrected chi connectivity index (χ2v) is 10.00. The lowest BCUT2D eigenvalue weighted by Gasteiger charge is -2.26. The van der Waals surface area contributed by atoms with Gasteiger partial charge < -0.3 is 10.1 Å². The van der Waals surface area contributed by atoms with Gasteiger partial charge in [0.1, 0.15) is 0 Å². The molecule has 5 rings (SSSR count). The lowest BCUT2D eigenvalue weighted by molar-refractivity contribution is -0.143. The summed E-state index contributed by atoms with van der Waals surface area (Å²) in [6, 6.07) is 6.21. The highest BCUT2D eigenvalue weighted by atomic mass is 32.2. The monoisotopic (exact) mass is 570 g/mol. The molecule has 14 heteroatoms. The zero-order valence-corrected chi connectivity index (χ0v) is 20.8. The fraction of sp³-hybridized carbons (Fsp3) is 0.320. The summed E-state index contributed by atoms with van der Waals surface area (Å²) in [7, 11) is 0. The van der Waals surface area contributed by atoms with E-state index in [1.807, 2.05) is 0 Å². The summed E-state index contributed by atoms with van der Waals surface area (Å²) in [6.45, 7) is 1.34. The van der Waals surface area contributed by atoms with Crippen molar-refractivity contribution < 1.29 is 40.7 Å². The molecule has 206 valence electrons. The van der Waals surface area contributed by atoms with Crippen molar-refractivity contribution in [1.29, 1.82) is 0 Å². The minimum atomic E-state index is -4.99. The third-order valence-corrected chi connectivity index (χ3v) is 7.21. The Balaban J connectivity index is 1.37. The van der Waals surface area contributed by atoms with Gasteiger partial charge in [0, 0.05) is 24.5 Å². The molecule has 2 aliphatic heterocycles. The van der Waals surface area contributed by atoms with Gasteiger partial charge in [-0.3, -0.25) is 19.2 Å². The van der Waals surface area contributed by atoms with Crippen LogP contribution in [0.15, 0.2) is 47.5 Å². The normalized spacial score (nSPS) is 20.0. The van der Waals surface area contributed by atoms with Crippen LogP contribution in [0.5, 0.6) is 0 Å². The number of halogens is 6. The van der Waals surface area contributed by atoms with Crippen molar-refractivity contribution in [1.82, 2.24) is 20.0 Å². The van der Waals surface area contributed by atoms with Crippen LogP contribution in [0, 0.1) is 0 Å². The first-order chi connectivity index (χ1) is 18.4. The molecule has 3 heterocycles. The number of ether oxygens (including phenoxy) is 1. The van der Waals surface area contributed by atoms with E-state index in [2.05, 4.69) is 10.4 Å². The molecule has 2 amide bonds. The number of nitrogens with one attached hydrogen (secondary N) is 1. The summed E-state index contributed by atoms with van der Waals surface area (Å²) in [4.78, 5) is 26.6. The number of aromatic nitrogens is 2. The summed E-state index contributed by atoms with van der Waals surface area (Å²) < 4.78 is 86.2. The molecule has 1 N–H and O–H groups in total. The van der Waals surface area contributed by atoms with E-state index >= 15 is 0 Å². The summed E-state index contributed by atoms with van der Waals surface area (Å²) in [6.07, 6.45) is -6.95. The van der Waals surface area contributed by atoms with Gasteiger partial charge in [-0.1, -0.05) is 12.1 Å². The molecular weight excluding hydrogens is 550 g/mol. The average Bonchev–Trinajstić information content (AvgIpc) is 3.38. The number of nitrogens with zero attached hydrogens (tertiary/aromatic N) is 3. The maximum atomic E-state index is 13.6. The highest BCUT2D eigenvalue weighted by Crippen LogP contribution is 2.38. The molecule has 0 unspecified atom stereocenters. The van der Waals surface area contributed by atoms with Gasteiger partial charge in [-0.25, -0.2) is 0 Å². The molecule has 2 aromatic carbocycles. The first kappa shape index (κ1) is 27.2. The molecule has 7 nitrogen and oxygen atoms in total. The molecule has 1 aromatic heterocycles. The second kappa shape index (κ2) is 10.3. The Hall–Kier alpha value is -3.36. The lowest BCUT2D eigenvalue weighted by Crippen LogP contribution is -2.49. The molecule has 3 aromatic rings. The van der Waals surface area contributed by atoms with Crippen molar-refractivity contribution in [2.45, 2.75) is 24.9 Å².